The molecule has 9 atom stereocenters. The van der Waals surface area contributed by atoms with Crippen LogP contribution < -0.4 is 0 Å². The lowest BCUT2D eigenvalue weighted by atomic mass is 10.0. The molecule has 14 heteroatoms. The largest absolute Gasteiger partial charge is 0.394 e. The first kappa shape index (κ1) is 28.4. The Kier molecular flexibility index (Phi) is 9.95. The lowest BCUT2D eigenvalue weighted by Crippen LogP contribution is -2.58. The number of benzene rings is 1. The van der Waals surface area contributed by atoms with Gasteiger partial charge in [0.1, 0.15) is 53.7 Å². The van der Waals surface area contributed by atoms with Crippen LogP contribution in [0, 0.1) is 12.3 Å². The van der Waals surface area contributed by atoms with Crippen molar-refractivity contribution >= 4 is 27.7 Å². The molecule has 2 aromatic rings. The van der Waals surface area contributed by atoms with E-state index in [-0.39, 0.29) is 19.6 Å². The number of thioether (sulfide) groups is 1. The molecule has 3 heterocycles. The van der Waals surface area contributed by atoms with E-state index in [0.717, 1.165) is 21.9 Å². The number of aliphatic hydroxyl groups excluding tert-OH is 5. The number of terminal acetylenes is 1. The Morgan fingerprint density at radius 3 is 2.57 bits per heavy atom. The third-order valence-electron chi connectivity index (χ3n) is 5.93. The van der Waals surface area contributed by atoms with Crippen LogP contribution in [0.1, 0.15) is 12.1 Å². The van der Waals surface area contributed by atoms with Crippen LogP contribution in [0.4, 0.5) is 0 Å². The summed E-state index contributed by atoms with van der Waals surface area (Å²) in [6, 6.07) is 7.52. The number of rotatable bonds is 9. The summed E-state index contributed by atoms with van der Waals surface area (Å²) in [6.45, 7) is -0.603. The number of ether oxygens (including phenoxy) is 4. The highest BCUT2D eigenvalue weighted by molar-refractivity contribution is 9.10. The van der Waals surface area contributed by atoms with Crippen LogP contribution in [0.25, 0.3) is 5.69 Å². The Balaban J connectivity index is 1.38. The average Bonchev–Trinajstić information content (AvgIpc) is 3.36. The van der Waals surface area contributed by atoms with Crippen molar-refractivity contribution in [3.05, 3.63) is 40.6 Å². The van der Waals surface area contributed by atoms with E-state index in [1.54, 1.807) is 10.9 Å². The Morgan fingerprint density at radius 1 is 1.11 bits per heavy atom. The number of aromatic nitrogens is 3. The van der Waals surface area contributed by atoms with Gasteiger partial charge in [-0.2, -0.15) is 0 Å². The molecule has 0 radical (unpaired) electrons. The van der Waals surface area contributed by atoms with Crippen molar-refractivity contribution in [2.24, 2.45) is 0 Å². The molecule has 5 unspecified atom stereocenters. The van der Waals surface area contributed by atoms with Gasteiger partial charge in [0, 0.05) is 10.9 Å². The van der Waals surface area contributed by atoms with Crippen molar-refractivity contribution < 1.29 is 44.5 Å². The van der Waals surface area contributed by atoms with Gasteiger partial charge in [0.05, 0.1) is 31.2 Å². The second-order valence-electron chi connectivity index (χ2n) is 8.49. The zero-order valence-corrected chi connectivity index (χ0v) is 21.9. The van der Waals surface area contributed by atoms with Gasteiger partial charge in [-0.3, -0.25) is 0 Å². The molecule has 12 nitrogen and oxygen atoms in total. The monoisotopic (exact) mass is 601 g/mol. The third-order valence-corrected chi connectivity index (χ3v) is 7.73. The van der Waals surface area contributed by atoms with E-state index in [2.05, 4.69) is 32.2 Å². The first-order valence-corrected chi connectivity index (χ1v) is 13.2. The minimum atomic E-state index is -1.62. The summed E-state index contributed by atoms with van der Waals surface area (Å²) < 4.78 is 24.9. The zero-order chi connectivity index (χ0) is 26.5. The number of halogens is 1. The maximum atomic E-state index is 10.7. The zero-order valence-electron chi connectivity index (χ0n) is 19.5. The molecule has 2 fully saturated rings. The molecule has 1 aromatic heterocycles. The van der Waals surface area contributed by atoms with Crippen molar-refractivity contribution in [3.63, 3.8) is 0 Å². The number of hydrogen-bond donors (Lipinski definition) is 5. The molecule has 0 bridgehead atoms. The van der Waals surface area contributed by atoms with E-state index in [1.807, 2.05) is 24.3 Å². The van der Waals surface area contributed by atoms with Gasteiger partial charge >= 0.3 is 0 Å². The lowest BCUT2D eigenvalue weighted by Gasteiger charge is -2.43. The highest BCUT2D eigenvalue weighted by atomic mass is 79.9. The van der Waals surface area contributed by atoms with E-state index >= 15 is 0 Å². The molecule has 37 heavy (non-hydrogen) atoms. The van der Waals surface area contributed by atoms with E-state index in [4.69, 9.17) is 25.4 Å². The highest BCUT2D eigenvalue weighted by Crippen LogP contribution is 2.37. The van der Waals surface area contributed by atoms with Crippen molar-refractivity contribution in [2.75, 3.05) is 13.2 Å². The van der Waals surface area contributed by atoms with Gasteiger partial charge in [-0.1, -0.05) is 38.8 Å². The molecule has 2 saturated heterocycles. The SMILES string of the molecule is C#CCOC1C(O)[C@H](S[C@H]2CC(OCc3cn(-c4ccc(Br)cc4)nn3)[C@@H](O)C(CO)O2)OC(O)[C@@H]1O. The molecule has 0 spiro atoms. The fourth-order valence-electron chi connectivity index (χ4n) is 4.00. The van der Waals surface area contributed by atoms with Crippen LogP contribution in [-0.4, -0.2) is 108 Å². The summed E-state index contributed by atoms with van der Waals surface area (Å²) in [7, 11) is 0. The van der Waals surface area contributed by atoms with Gasteiger partial charge in [0.15, 0.2) is 6.29 Å². The molecule has 0 saturated carbocycles. The molecular formula is C23H28BrN3O9S. The van der Waals surface area contributed by atoms with E-state index < -0.39 is 60.4 Å². The van der Waals surface area contributed by atoms with E-state index in [0.29, 0.717) is 5.69 Å². The van der Waals surface area contributed by atoms with Crippen LogP contribution in [0.3, 0.4) is 0 Å². The van der Waals surface area contributed by atoms with Gasteiger partial charge in [-0.15, -0.1) is 11.5 Å². The Labute approximate surface area is 225 Å². The minimum absolute atomic E-state index is 0.0449. The molecule has 0 amide bonds. The van der Waals surface area contributed by atoms with E-state index in [1.165, 1.54) is 0 Å². The van der Waals surface area contributed by atoms with Gasteiger partial charge in [-0.05, 0) is 24.3 Å². The molecule has 2 aliphatic heterocycles. The molecule has 4 rings (SSSR count). The van der Waals surface area contributed by atoms with Crippen LogP contribution in [0.2, 0.25) is 0 Å². The first-order chi connectivity index (χ1) is 17.8. The standard InChI is InChI=1S/C23H28BrN3O9S/c1-2-7-33-21-19(30)22(32)36-23(20(21)31)37-17-8-15(18(29)16(10-28)35-17)34-11-13-9-27(26-25-13)14-5-3-12(24)4-6-14/h1,3-6,9,15-23,28-32H,7-8,10-11H2/t15?,16?,17-,18+,19+,20?,21?,22?,23-/m0/s1. The van der Waals surface area contributed by atoms with Crippen molar-refractivity contribution in [1.82, 2.24) is 15.0 Å². The second kappa shape index (κ2) is 13.0. The minimum Gasteiger partial charge on any atom is -0.394 e. The Morgan fingerprint density at radius 2 is 1.86 bits per heavy atom. The fraction of sp³-hybridized carbons (Fsp3) is 0.565. The van der Waals surface area contributed by atoms with Gasteiger partial charge in [0.25, 0.3) is 0 Å². The summed E-state index contributed by atoms with van der Waals surface area (Å²) in [5.74, 6) is 2.25. The maximum Gasteiger partial charge on any atom is 0.185 e. The molecule has 0 aliphatic carbocycles. The van der Waals surface area contributed by atoms with Gasteiger partial charge in [0.2, 0.25) is 0 Å². The predicted octanol–water partition coefficient (Wildman–Crippen LogP) is -0.469. The molecular weight excluding hydrogens is 574 g/mol. The summed E-state index contributed by atoms with van der Waals surface area (Å²) in [6.07, 6.45) is -1.40. The highest BCUT2D eigenvalue weighted by Gasteiger charge is 2.47. The van der Waals surface area contributed by atoms with E-state index in [9.17, 15) is 25.5 Å². The maximum absolute atomic E-state index is 10.7. The second-order valence-corrected chi connectivity index (χ2v) is 10.7. The van der Waals surface area contributed by atoms with Crippen LogP contribution >= 0.6 is 27.7 Å². The molecule has 5 N–H and O–H groups in total. The van der Waals surface area contributed by atoms with Crippen molar-refractivity contribution in [2.45, 2.75) is 66.8 Å². The molecule has 1 aromatic carbocycles. The quantitative estimate of drug-likeness (QED) is 0.235. The number of hydrogen-bond acceptors (Lipinski definition) is 12. The summed E-state index contributed by atoms with van der Waals surface area (Å²) in [4.78, 5) is 0. The Hall–Kier alpha value is -1.61. The third kappa shape index (κ3) is 6.88. The summed E-state index contributed by atoms with van der Waals surface area (Å²) in [5, 5.41) is 59.4. The smallest absolute Gasteiger partial charge is 0.185 e. The number of aliphatic hydroxyl groups is 5. The predicted molar refractivity (Wildman–Crippen MR) is 133 cm³/mol. The van der Waals surface area contributed by atoms with Crippen LogP contribution in [0.15, 0.2) is 34.9 Å². The first-order valence-electron chi connectivity index (χ1n) is 11.4. The van der Waals surface area contributed by atoms with Crippen molar-refractivity contribution in [3.8, 4) is 18.0 Å². The van der Waals surface area contributed by atoms with Gasteiger partial charge in [-0.25, -0.2) is 4.68 Å². The average molecular weight is 602 g/mol. The van der Waals surface area contributed by atoms with Crippen LogP contribution in [0.5, 0.6) is 0 Å². The summed E-state index contributed by atoms with van der Waals surface area (Å²) >= 11 is 4.40. The Bertz CT molecular complexity index is 1050. The molecule has 202 valence electrons. The topological polar surface area (TPSA) is 169 Å². The molecule has 2 aliphatic rings. The normalized spacial score (nSPS) is 34.2. The van der Waals surface area contributed by atoms with Gasteiger partial charge < -0.3 is 44.5 Å². The fourth-order valence-corrected chi connectivity index (χ4v) is 5.57. The number of nitrogens with zero attached hydrogens (tertiary/aromatic N) is 3. The lowest BCUT2D eigenvalue weighted by molar-refractivity contribution is -0.269. The van der Waals surface area contributed by atoms with Crippen LogP contribution in [-0.2, 0) is 25.6 Å². The van der Waals surface area contributed by atoms with Crippen molar-refractivity contribution in [1.29, 1.82) is 0 Å². The summed E-state index contributed by atoms with van der Waals surface area (Å²) in [5.41, 5.74) is -0.401.